The van der Waals surface area contributed by atoms with Gasteiger partial charge in [0.25, 0.3) is 0 Å². The predicted molar refractivity (Wildman–Crippen MR) is 79.7 cm³/mol. The van der Waals surface area contributed by atoms with Crippen LogP contribution in [0.25, 0.3) is 0 Å². The molecule has 1 aromatic rings. The molecule has 2 aliphatic heterocycles. The second-order valence-electron chi connectivity index (χ2n) is 4.90. The van der Waals surface area contributed by atoms with Crippen LogP contribution in [0.4, 0.5) is 5.69 Å². The Labute approximate surface area is 118 Å². The van der Waals surface area contributed by atoms with Crippen LogP contribution in [0.2, 0.25) is 0 Å². The fraction of sp³-hybridized carbons (Fsp3) is 0.571. The van der Waals surface area contributed by atoms with Crippen molar-refractivity contribution in [2.45, 2.75) is 6.04 Å². The Balaban J connectivity index is 1.65. The van der Waals surface area contributed by atoms with Gasteiger partial charge in [-0.1, -0.05) is 6.07 Å². The molecule has 1 saturated heterocycles. The second kappa shape index (κ2) is 5.92. The molecule has 0 spiro atoms. The summed E-state index contributed by atoms with van der Waals surface area (Å²) in [5.74, 6) is 4.14. The maximum Gasteiger partial charge on any atom is 0.184 e. The van der Waals surface area contributed by atoms with E-state index < -0.39 is 0 Å². The summed E-state index contributed by atoms with van der Waals surface area (Å²) in [6.07, 6.45) is 0. The monoisotopic (exact) mass is 280 g/mol. The summed E-state index contributed by atoms with van der Waals surface area (Å²) in [6, 6.07) is 6.34. The number of benzene rings is 1. The molecule has 2 aliphatic rings. The van der Waals surface area contributed by atoms with Gasteiger partial charge in [0.1, 0.15) is 6.61 Å². The topological polar surface area (TPSA) is 33.7 Å². The van der Waals surface area contributed by atoms with Crippen molar-refractivity contribution in [3.05, 3.63) is 18.2 Å². The van der Waals surface area contributed by atoms with Crippen LogP contribution in [-0.4, -0.2) is 55.8 Å². The third-order valence-corrected chi connectivity index (χ3v) is 4.51. The zero-order valence-electron chi connectivity index (χ0n) is 11.2. The fourth-order valence-electron chi connectivity index (χ4n) is 2.58. The molecule has 1 N–H and O–H groups in total. The van der Waals surface area contributed by atoms with Crippen LogP contribution in [-0.2, 0) is 0 Å². The SMILES string of the molecule is COc1cccc2c1OCC(CN1CCSCC1)N2. The van der Waals surface area contributed by atoms with Crippen LogP contribution >= 0.6 is 11.8 Å². The smallest absolute Gasteiger partial charge is 0.184 e. The lowest BCUT2D eigenvalue weighted by Crippen LogP contribution is -2.45. The van der Waals surface area contributed by atoms with Gasteiger partial charge < -0.3 is 14.8 Å². The van der Waals surface area contributed by atoms with Gasteiger partial charge in [-0.3, -0.25) is 4.90 Å². The molecule has 5 heteroatoms. The van der Waals surface area contributed by atoms with E-state index >= 15 is 0 Å². The average Bonchev–Trinajstić information content (AvgIpc) is 2.47. The Kier molecular flexibility index (Phi) is 4.03. The summed E-state index contributed by atoms with van der Waals surface area (Å²) >= 11 is 2.04. The lowest BCUT2D eigenvalue weighted by atomic mass is 10.2. The highest BCUT2D eigenvalue weighted by atomic mass is 32.2. The Morgan fingerprint density at radius 1 is 1.42 bits per heavy atom. The molecule has 4 nitrogen and oxygen atoms in total. The second-order valence-corrected chi connectivity index (χ2v) is 6.13. The minimum absolute atomic E-state index is 0.364. The van der Waals surface area contributed by atoms with Crippen LogP contribution in [0.3, 0.4) is 0 Å². The minimum atomic E-state index is 0.364. The predicted octanol–water partition coefficient (Wildman–Crippen LogP) is 1.92. The van der Waals surface area contributed by atoms with E-state index in [0.29, 0.717) is 12.6 Å². The Morgan fingerprint density at radius 3 is 3.05 bits per heavy atom. The fourth-order valence-corrected chi connectivity index (χ4v) is 3.56. The van der Waals surface area contributed by atoms with E-state index in [4.69, 9.17) is 9.47 Å². The van der Waals surface area contributed by atoms with Gasteiger partial charge in [-0.15, -0.1) is 0 Å². The molecule has 0 radical (unpaired) electrons. The zero-order valence-corrected chi connectivity index (χ0v) is 12.0. The number of fused-ring (bicyclic) bond motifs is 1. The average molecular weight is 280 g/mol. The molecule has 0 aromatic heterocycles. The first kappa shape index (κ1) is 12.9. The van der Waals surface area contributed by atoms with Crippen molar-refractivity contribution in [1.82, 2.24) is 4.90 Å². The van der Waals surface area contributed by atoms with Gasteiger partial charge in [0.05, 0.1) is 18.8 Å². The number of nitrogens with one attached hydrogen (secondary N) is 1. The van der Waals surface area contributed by atoms with E-state index in [1.54, 1.807) is 7.11 Å². The number of anilines is 1. The maximum absolute atomic E-state index is 5.88. The van der Waals surface area contributed by atoms with E-state index in [2.05, 4.69) is 16.3 Å². The van der Waals surface area contributed by atoms with Crippen LogP contribution in [0.1, 0.15) is 0 Å². The number of rotatable bonds is 3. The summed E-state index contributed by atoms with van der Waals surface area (Å²) in [5.41, 5.74) is 1.04. The van der Waals surface area contributed by atoms with Crippen molar-refractivity contribution >= 4 is 17.4 Å². The Bertz CT molecular complexity index is 435. The van der Waals surface area contributed by atoms with E-state index in [-0.39, 0.29) is 0 Å². The summed E-state index contributed by atoms with van der Waals surface area (Å²) in [5, 5.41) is 3.57. The number of hydrogen-bond donors (Lipinski definition) is 1. The van der Waals surface area contributed by atoms with Crippen molar-refractivity contribution in [3.8, 4) is 11.5 Å². The minimum Gasteiger partial charge on any atom is -0.493 e. The van der Waals surface area contributed by atoms with Gasteiger partial charge in [0.2, 0.25) is 0 Å². The van der Waals surface area contributed by atoms with Crippen LogP contribution in [0.15, 0.2) is 18.2 Å². The molecule has 1 fully saturated rings. The zero-order chi connectivity index (χ0) is 13.1. The van der Waals surface area contributed by atoms with Crippen molar-refractivity contribution in [3.63, 3.8) is 0 Å². The maximum atomic E-state index is 5.88. The first-order chi connectivity index (χ1) is 9.36. The third kappa shape index (κ3) is 2.92. The molecule has 0 bridgehead atoms. The van der Waals surface area contributed by atoms with Crippen molar-refractivity contribution in [2.24, 2.45) is 0 Å². The van der Waals surface area contributed by atoms with Crippen molar-refractivity contribution in [2.75, 3.05) is 50.2 Å². The largest absolute Gasteiger partial charge is 0.493 e. The summed E-state index contributed by atoms with van der Waals surface area (Å²) < 4.78 is 11.2. The van der Waals surface area contributed by atoms with Crippen LogP contribution in [0.5, 0.6) is 11.5 Å². The van der Waals surface area contributed by atoms with E-state index in [0.717, 1.165) is 23.7 Å². The van der Waals surface area contributed by atoms with Gasteiger partial charge in [0.15, 0.2) is 11.5 Å². The number of para-hydroxylation sites is 1. The third-order valence-electron chi connectivity index (χ3n) is 3.57. The van der Waals surface area contributed by atoms with Gasteiger partial charge >= 0.3 is 0 Å². The molecule has 0 saturated carbocycles. The molecule has 1 aromatic carbocycles. The van der Waals surface area contributed by atoms with Crippen LogP contribution < -0.4 is 14.8 Å². The van der Waals surface area contributed by atoms with E-state index in [1.807, 2.05) is 23.9 Å². The molecular weight excluding hydrogens is 260 g/mol. The standard InChI is InChI=1S/C14H20N2O2S/c1-17-13-4-2-3-12-14(13)18-10-11(15-12)9-16-5-7-19-8-6-16/h2-4,11,15H,5-10H2,1H3. The lowest BCUT2D eigenvalue weighted by molar-refractivity contribution is 0.218. The van der Waals surface area contributed by atoms with Gasteiger partial charge in [-0.25, -0.2) is 0 Å². The summed E-state index contributed by atoms with van der Waals surface area (Å²) in [7, 11) is 1.68. The molecule has 2 heterocycles. The highest BCUT2D eigenvalue weighted by Gasteiger charge is 2.24. The highest BCUT2D eigenvalue weighted by molar-refractivity contribution is 7.99. The number of ether oxygens (including phenoxy) is 2. The van der Waals surface area contributed by atoms with Crippen molar-refractivity contribution in [1.29, 1.82) is 0 Å². The number of thioether (sulfide) groups is 1. The molecule has 0 amide bonds. The van der Waals surface area contributed by atoms with Crippen LogP contribution in [0, 0.1) is 0 Å². The summed E-state index contributed by atoms with van der Waals surface area (Å²) in [4.78, 5) is 2.52. The molecule has 1 atom stereocenters. The number of nitrogens with zero attached hydrogens (tertiary/aromatic N) is 1. The number of hydrogen-bond acceptors (Lipinski definition) is 5. The van der Waals surface area contributed by atoms with Gasteiger partial charge in [0, 0.05) is 31.1 Å². The highest BCUT2D eigenvalue weighted by Crippen LogP contribution is 2.37. The number of methoxy groups -OCH3 is 1. The normalized spacial score (nSPS) is 23.1. The molecule has 3 rings (SSSR count). The first-order valence-electron chi connectivity index (χ1n) is 6.73. The van der Waals surface area contributed by atoms with Gasteiger partial charge in [-0.2, -0.15) is 11.8 Å². The molecule has 0 aliphatic carbocycles. The Hall–Kier alpha value is -1.07. The lowest BCUT2D eigenvalue weighted by Gasteiger charge is -2.34. The van der Waals surface area contributed by atoms with Gasteiger partial charge in [-0.05, 0) is 12.1 Å². The van der Waals surface area contributed by atoms with E-state index in [1.165, 1.54) is 24.6 Å². The quantitative estimate of drug-likeness (QED) is 0.915. The molecule has 19 heavy (non-hydrogen) atoms. The molecule has 104 valence electrons. The first-order valence-corrected chi connectivity index (χ1v) is 7.89. The molecule has 1 unspecified atom stereocenters. The van der Waals surface area contributed by atoms with E-state index in [9.17, 15) is 0 Å². The Morgan fingerprint density at radius 2 is 2.26 bits per heavy atom. The van der Waals surface area contributed by atoms with Crippen molar-refractivity contribution < 1.29 is 9.47 Å². The summed E-state index contributed by atoms with van der Waals surface area (Å²) in [6.45, 7) is 4.13. The molecular formula is C14H20N2O2S.